The Morgan fingerprint density at radius 3 is 2.52 bits per heavy atom. The van der Waals surface area contributed by atoms with E-state index >= 15 is 0 Å². The lowest BCUT2D eigenvalue weighted by Gasteiger charge is -2.34. The second kappa shape index (κ2) is 8.65. The summed E-state index contributed by atoms with van der Waals surface area (Å²) in [5, 5.41) is 6.06. The lowest BCUT2D eigenvalue weighted by molar-refractivity contribution is 0.0974. The van der Waals surface area contributed by atoms with Crippen molar-refractivity contribution in [1.29, 1.82) is 0 Å². The van der Waals surface area contributed by atoms with Gasteiger partial charge < -0.3 is 15.1 Å². The standard InChI is InChI=1S/C19H20ClFN4OS/c1-24-8-10-25(11-9-24)17-7-6-13(12-15(17)20)22-19(27)23-18(26)14-4-2-3-5-16(14)21/h2-7,12H,8-11H2,1H3,(H2,22,23,26,27). The van der Waals surface area contributed by atoms with E-state index in [0.717, 1.165) is 31.9 Å². The van der Waals surface area contributed by atoms with Gasteiger partial charge in [0.25, 0.3) is 5.91 Å². The molecule has 0 aromatic heterocycles. The maximum absolute atomic E-state index is 13.7. The fraction of sp³-hybridized carbons (Fsp3) is 0.263. The van der Waals surface area contributed by atoms with Gasteiger partial charge in [0.2, 0.25) is 0 Å². The molecule has 2 N–H and O–H groups in total. The normalized spacial score (nSPS) is 14.7. The lowest BCUT2D eigenvalue weighted by Crippen LogP contribution is -2.44. The number of amides is 1. The third-order valence-electron chi connectivity index (χ3n) is 4.40. The van der Waals surface area contributed by atoms with E-state index < -0.39 is 11.7 Å². The van der Waals surface area contributed by atoms with Crippen LogP contribution >= 0.6 is 23.8 Å². The van der Waals surface area contributed by atoms with Crippen molar-refractivity contribution in [2.45, 2.75) is 0 Å². The van der Waals surface area contributed by atoms with Crippen LogP contribution in [0.25, 0.3) is 0 Å². The molecule has 1 aliphatic rings. The first-order valence-electron chi connectivity index (χ1n) is 8.54. The molecule has 2 aromatic carbocycles. The van der Waals surface area contributed by atoms with Crippen molar-refractivity contribution in [1.82, 2.24) is 10.2 Å². The summed E-state index contributed by atoms with van der Waals surface area (Å²) in [6.45, 7) is 3.81. The second-order valence-electron chi connectivity index (χ2n) is 6.34. The minimum atomic E-state index is -0.606. The number of anilines is 2. The fourth-order valence-electron chi connectivity index (χ4n) is 2.87. The number of hydrogen-bond acceptors (Lipinski definition) is 4. The number of benzene rings is 2. The van der Waals surface area contributed by atoms with E-state index in [4.69, 9.17) is 23.8 Å². The largest absolute Gasteiger partial charge is 0.368 e. The molecule has 1 heterocycles. The minimum Gasteiger partial charge on any atom is -0.368 e. The Morgan fingerprint density at radius 1 is 1.15 bits per heavy atom. The predicted molar refractivity (Wildman–Crippen MR) is 111 cm³/mol. The summed E-state index contributed by atoms with van der Waals surface area (Å²) in [5.74, 6) is -1.21. The topological polar surface area (TPSA) is 47.6 Å². The van der Waals surface area contributed by atoms with Crippen LogP contribution in [0.5, 0.6) is 0 Å². The van der Waals surface area contributed by atoms with Crippen molar-refractivity contribution < 1.29 is 9.18 Å². The number of piperazine rings is 1. The van der Waals surface area contributed by atoms with Crippen LogP contribution in [0.4, 0.5) is 15.8 Å². The van der Waals surface area contributed by atoms with Crippen LogP contribution in [0, 0.1) is 5.82 Å². The van der Waals surface area contributed by atoms with Crippen LogP contribution < -0.4 is 15.5 Å². The first-order chi connectivity index (χ1) is 12.9. The van der Waals surface area contributed by atoms with Crippen molar-refractivity contribution >= 4 is 46.2 Å². The van der Waals surface area contributed by atoms with Gasteiger partial charge in [0, 0.05) is 31.9 Å². The molecule has 0 radical (unpaired) electrons. The zero-order chi connectivity index (χ0) is 19.4. The number of likely N-dealkylation sites (N-methyl/N-ethyl adjacent to an activating group) is 1. The average Bonchev–Trinajstić information content (AvgIpc) is 2.63. The van der Waals surface area contributed by atoms with E-state index in [0.29, 0.717) is 10.7 Å². The molecule has 0 aliphatic carbocycles. The summed E-state index contributed by atoms with van der Waals surface area (Å²) >= 11 is 11.6. The van der Waals surface area contributed by atoms with Crippen molar-refractivity contribution in [3.05, 3.63) is 58.9 Å². The SMILES string of the molecule is CN1CCN(c2ccc(NC(=S)NC(=O)c3ccccc3F)cc2Cl)CC1. The summed E-state index contributed by atoms with van der Waals surface area (Å²) in [6.07, 6.45) is 0. The van der Waals surface area contributed by atoms with Crippen molar-refractivity contribution in [3.8, 4) is 0 Å². The molecule has 1 saturated heterocycles. The van der Waals surface area contributed by atoms with Crippen LogP contribution in [0.1, 0.15) is 10.4 Å². The molecular weight excluding hydrogens is 387 g/mol. The zero-order valence-electron chi connectivity index (χ0n) is 14.8. The van der Waals surface area contributed by atoms with Gasteiger partial charge in [-0.1, -0.05) is 23.7 Å². The quantitative estimate of drug-likeness (QED) is 0.765. The molecule has 0 spiro atoms. The number of nitrogens with one attached hydrogen (secondary N) is 2. The summed E-state index contributed by atoms with van der Waals surface area (Å²) in [5.41, 5.74) is 1.55. The van der Waals surface area contributed by atoms with Gasteiger partial charge in [-0.15, -0.1) is 0 Å². The molecule has 0 unspecified atom stereocenters. The highest BCUT2D eigenvalue weighted by Crippen LogP contribution is 2.29. The Morgan fingerprint density at radius 2 is 1.85 bits per heavy atom. The third-order valence-corrected chi connectivity index (χ3v) is 4.90. The van der Waals surface area contributed by atoms with Gasteiger partial charge in [0.05, 0.1) is 16.3 Å². The monoisotopic (exact) mass is 406 g/mol. The summed E-state index contributed by atoms with van der Waals surface area (Å²) in [7, 11) is 2.10. The number of nitrogens with zero attached hydrogens (tertiary/aromatic N) is 2. The molecule has 0 bridgehead atoms. The van der Waals surface area contributed by atoms with Crippen molar-refractivity contribution in [2.75, 3.05) is 43.4 Å². The van der Waals surface area contributed by atoms with Gasteiger partial charge in [0.1, 0.15) is 5.82 Å². The minimum absolute atomic E-state index is 0.0647. The molecule has 3 rings (SSSR count). The van der Waals surface area contributed by atoms with Crippen LogP contribution in [0.3, 0.4) is 0 Å². The summed E-state index contributed by atoms with van der Waals surface area (Å²) in [4.78, 5) is 16.6. The third kappa shape index (κ3) is 4.94. The first kappa shape index (κ1) is 19.5. The second-order valence-corrected chi connectivity index (χ2v) is 7.16. The lowest BCUT2D eigenvalue weighted by atomic mass is 10.2. The van der Waals surface area contributed by atoms with Crippen molar-refractivity contribution in [3.63, 3.8) is 0 Å². The van der Waals surface area contributed by atoms with Gasteiger partial charge >= 0.3 is 0 Å². The zero-order valence-corrected chi connectivity index (χ0v) is 16.4. The smallest absolute Gasteiger partial charge is 0.260 e. The Hall–Kier alpha value is -2.22. The molecule has 5 nitrogen and oxygen atoms in total. The van der Waals surface area contributed by atoms with E-state index in [2.05, 4.69) is 27.5 Å². The summed E-state index contributed by atoms with van der Waals surface area (Å²) in [6, 6.07) is 11.3. The number of thiocarbonyl (C=S) groups is 1. The average molecular weight is 407 g/mol. The summed E-state index contributed by atoms with van der Waals surface area (Å²) < 4.78 is 13.7. The number of rotatable bonds is 3. The molecule has 142 valence electrons. The Balaban J connectivity index is 1.62. The van der Waals surface area contributed by atoms with Crippen LogP contribution in [0.15, 0.2) is 42.5 Å². The van der Waals surface area contributed by atoms with E-state index in [1.807, 2.05) is 12.1 Å². The van der Waals surface area contributed by atoms with E-state index in [1.54, 1.807) is 12.1 Å². The molecule has 2 aromatic rings. The van der Waals surface area contributed by atoms with Crippen LogP contribution in [-0.2, 0) is 0 Å². The number of carbonyl (C=O) groups is 1. The van der Waals surface area contributed by atoms with E-state index in [-0.39, 0.29) is 10.7 Å². The number of carbonyl (C=O) groups excluding carboxylic acids is 1. The Bertz CT molecular complexity index is 855. The van der Waals surface area contributed by atoms with Gasteiger partial charge in [-0.25, -0.2) is 4.39 Å². The molecule has 1 amide bonds. The molecule has 0 atom stereocenters. The maximum atomic E-state index is 13.7. The highest BCUT2D eigenvalue weighted by atomic mass is 35.5. The van der Waals surface area contributed by atoms with Gasteiger partial charge in [-0.3, -0.25) is 10.1 Å². The van der Waals surface area contributed by atoms with Gasteiger partial charge in [-0.05, 0) is 49.6 Å². The fourth-order valence-corrected chi connectivity index (χ4v) is 3.38. The number of halogens is 2. The predicted octanol–water partition coefficient (Wildman–Crippen LogP) is 3.36. The molecule has 27 heavy (non-hydrogen) atoms. The Labute approximate surface area is 168 Å². The van der Waals surface area contributed by atoms with E-state index in [1.165, 1.54) is 18.2 Å². The van der Waals surface area contributed by atoms with Crippen molar-refractivity contribution in [2.24, 2.45) is 0 Å². The maximum Gasteiger partial charge on any atom is 0.260 e. The van der Waals surface area contributed by atoms with E-state index in [9.17, 15) is 9.18 Å². The molecule has 0 saturated carbocycles. The first-order valence-corrected chi connectivity index (χ1v) is 9.32. The number of hydrogen-bond donors (Lipinski definition) is 2. The van der Waals surface area contributed by atoms with Crippen LogP contribution in [-0.4, -0.2) is 49.1 Å². The molecule has 8 heteroatoms. The molecular formula is C19H20ClFN4OS. The van der Waals surface area contributed by atoms with Gasteiger partial charge in [-0.2, -0.15) is 0 Å². The van der Waals surface area contributed by atoms with Gasteiger partial charge in [0.15, 0.2) is 5.11 Å². The highest BCUT2D eigenvalue weighted by Gasteiger charge is 2.17. The Kier molecular flexibility index (Phi) is 6.26. The molecule has 1 fully saturated rings. The molecule has 1 aliphatic heterocycles. The highest BCUT2D eigenvalue weighted by molar-refractivity contribution is 7.80. The van der Waals surface area contributed by atoms with Crippen LogP contribution in [0.2, 0.25) is 5.02 Å².